The highest BCUT2D eigenvalue weighted by Crippen LogP contribution is 2.13. The van der Waals surface area contributed by atoms with E-state index in [0.29, 0.717) is 6.04 Å². The Morgan fingerprint density at radius 3 is 2.76 bits per heavy atom. The van der Waals surface area contributed by atoms with Crippen molar-refractivity contribution in [1.82, 2.24) is 10.2 Å². The molecule has 0 aromatic heterocycles. The second-order valence-electron chi connectivity index (χ2n) is 6.07. The minimum Gasteiger partial charge on any atom is -0.313 e. The fraction of sp³-hybridized carbons (Fsp3) is 0.667. The van der Waals surface area contributed by atoms with Crippen molar-refractivity contribution < 1.29 is 0 Å². The lowest BCUT2D eigenvalue weighted by Crippen LogP contribution is -2.33. The highest BCUT2D eigenvalue weighted by molar-refractivity contribution is 7.98. The Morgan fingerprint density at radius 2 is 1.95 bits per heavy atom. The van der Waals surface area contributed by atoms with Crippen LogP contribution in [0.5, 0.6) is 0 Å². The second kappa shape index (κ2) is 10.3. The van der Waals surface area contributed by atoms with Gasteiger partial charge in [0.2, 0.25) is 0 Å². The molecule has 1 aromatic carbocycles. The van der Waals surface area contributed by atoms with Crippen molar-refractivity contribution in [1.29, 1.82) is 0 Å². The van der Waals surface area contributed by atoms with E-state index in [2.05, 4.69) is 46.8 Å². The summed E-state index contributed by atoms with van der Waals surface area (Å²) in [6, 6.07) is 11.5. The van der Waals surface area contributed by atoms with Crippen LogP contribution in [0, 0.1) is 0 Å². The quantitative estimate of drug-likeness (QED) is 0.662. The summed E-state index contributed by atoms with van der Waals surface area (Å²) < 4.78 is 0. The average molecular weight is 307 g/mol. The summed E-state index contributed by atoms with van der Waals surface area (Å²) in [6.45, 7) is 4.75. The minimum absolute atomic E-state index is 0.708. The summed E-state index contributed by atoms with van der Waals surface area (Å²) in [4.78, 5) is 2.57. The van der Waals surface area contributed by atoms with Crippen LogP contribution in [0.4, 0.5) is 0 Å². The molecule has 0 amide bonds. The average Bonchev–Trinajstić information content (AvgIpc) is 2.95. The molecule has 1 aliphatic rings. The fourth-order valence-electron chi connectivity index (χ4n) is 3.02. The molecule has 1 N–H and O–H groups in total. The lowest BCUT2D eigenvalue weighted by Gasteiger charge is -2.16. The molecule has 118 valence electrons. The molecule has 0 radical (unpaired) electrons. The molecule has 2 nitrogen and oxygen atoms in total. The van der Waals surface area contributed by atoms with Crippen LogP contribution < -0.4 is 5.32 Å². The van der Waals surface area contributed by atoms with E-state index < -0.39 is 0 Å². The highest BCUT2D eigenvalue weighted by Gasteiger charge is 2.21. The topological polar surface area (TPSA) is 15.3 Å². The maximum absolute atomic E-state index is 3.74. The third kappa shape index (κ3) is 6.86. The van der Waals surface area contributed by atoms with Crippen LogP contribution in [0.15, 0.2) is 30.3 Å². The van der Waals surface area contributed by atoms with Crippen LogP contribution in [0.25, 0.3) is 0 Å². The van der Waals surface area contributed by atoms with Crippen molar-refractivity contribution in [3.8, 4) is 0 Å². The van der Waals surface area contributed by atoms with Gasteiger partial charge in [-0.2, -0.15) is 11.8 Å². The smallest absolute Gasteiger partial charge is 0.0234 e. The first-order valence-electron chi connectivity index (χ1n) is 8.37. The second-order valence-corrected chi connectivity index (χ2v) is 7.05. The van der Waals surface area contributed by atoms with E-state index in [1.165, 1.54) is 63.1 Å². The summed E-state index contributed by atoms with van der Waals surface area (Å²) in [5.74, 6) is 1.32. The number of hydrogen-bond acceptors (Lipinski definition) is 3. The van der Waals surface area contributed by atoms with Crippen LogP contribution in [0.3, 0.4) is 0 Å². The van der Waals surface area contributed by atoms with Crippen molar-refractivity contribution in [2.75, 3.05) is 31.6 Å². The van der Waals surface area contributed by atoms with Gasteiger partial charge in [-0.15, -0.1) is 0 Å². The zero-order chi connectivity index (χ0) is 14.8. The van der Waals surface area contributed by atoms with Gasteiger partial charge in [-0.3, -0.25) is 4.90 Å². The van der Waals surface area contributed by atoms with Crippen LogP contribution in [0.2, 0.25) is 0 Å². The number of hydrogen-bond donors (Lipinski definition) is 1. The maximum atomic E-state index is 3.74. The highest BCUT2D eigenvalue weighted by atomic mass is 32.2. The van der Waals surface area contributed by atoms with Gasteiger partial charge in [0.1, 0.15) is 0 Å². The van der Waals surface area contributed by atoms with Crippen molar-refractivity contribution in [2.45, 2.75) is 44.7 Å². The SMILES string of the molecule is CSCCCCCCNC1CCN(Cc2ccccc2)C1. The molecule has 1 aliphatic heterocycles. The number of rotatable bonds is 10. The van der Waals surface area contributed by atoms with Crippen molar-refractivity contribution in [3.63, 3.8) is 0 Å². The summed E-state index contributed by atoms with van der Waals surface area (Å²) in [5.41, 5.74) is 1.44. The maximum Gasteiger partial charge on any atom is 0.0234 e. The molecule has 1 atom stereocenters. The predicted octanol–water partition coefficient (Wildman–Crippen LogP) is 3.77. The van der Waals surface area contributed by atoms with E-state index >= 15 is 0 Å². The van der Waals surface area contributed by atoms with Crippen LogP contribution in [-0.4, -0.2) is 42.6 Å². The minimum atomic E-state index is 0.708. The van der Waals surface area contributed by atoms with Crippen LogP contribution >= 0.6 is 11.8 Å². The zero-order valence-corrected chi connectivity index (χ0v) is 14.2. The van der Waals surface area contributed by atoms with E-state index in [4.69, 9.17) is 0 Å². The Balaban J connectivity index is 1.52. The number of nitrogens with zero attached hydrogens (tertiary/aromatic N) is 1. The first-order valence-corrected chi connectivity index (χ1v) is 9.76. The number of thioether (sulfide) groups is 1. The molecule has 0 spiro atoms. The molecule has 0 saturated carbocycles. The molecule has 0 aliphatic carbocycles. The third-order valence-corrected chi connectivity index (χ3v) is 4.93. The number of unbranched alkanes of at least 4 members (excludes halogenated alkanes) is 3. The molecule has 1 heterocycles. The van der Waals surface area contributed by atoms with Gasteiger partial charge in [0.15, 0.2) is 0 Å². The van der Waals surface area contributed by atoms with E-state index in [9.17, 15) is 0 Å². The van der Waals surface area contributed by atoms with Gasteiger partial charge in [-0.05, 0) is 43.4 Å². The van der Waals surface area contributed by atoms with E-state index in [-0.39, 0.29) is 0 Å². The van der Waals surface area contributed by atoms with E-state index in [1.807, 2.05) is 11.8 Å². The van der Waals surface area contributed by atoms with Crippen molar-refractivity contribution in [3.05, 3.63) is 35.9 Å². The molecule has 2 rings (SSSR count). The third-order valence-electron chi connectivity index (χ3n) is 4.23. The molecule has 21 heavy (non-hydrogen) atoms. The fourth-order valence-corrected chi connectivity index (χ4v) is 3.51. The molecular weight excluding hydrogens is 276 g/mol. The molecule has 1 fully saturated rings. The van der Waals surface area contributed by atoms with Crippen molar-refractivity contribution in [2.24, 2.45) is 0 Å². The Kier molecular flexibility index (Phi) is 8.23. The van der Waals surface area contributed by atoms with Gasteiger partial charge in [0.25, 0.3) is 0 Å². The standard InChI is InChI=1S/C18H30N2S/c1-21-14-8-3-2-7-12-19-18-11-13-20(16-18)15-17-9-5-4-6-10-17/h4-6,9-10,18-19H,2-3,7-8,11-16H2,1H3. The summed E-state index contributed by atoms with van der Waals surface area (Å²) in [6.07, 6.45) is 9.00. The Bertz CT molecular complexity index is 369. The van der Waals surface area contributed by atoms with Gasteiger partial charge in [-0.1, -0.05) is 43.2 Å². The molecule has 0 bridgehead atoms. The van der Waals surface area contributed by atoms with Crippen LogP contribution in [-0.2, 0) is 6.54 Å². The molecular formula is C18H30N2S. The predicted molar refractivity (Wildman–Crippen MR) is 95.0 cm³/mol. The van der Waals surface area contributed by atoms with Gasteiger partial charge >= 0.3 is 0 Å². The molecule has 1 unspecified atom stereocenters. The Hall–Kier alpha value is -0.510. The first-order chi connectivity index (χ1) is 10.4. The summed E-state index contributed by atoms with van der Waals surface area (Å²) >= 11 is 1.97. The van der Waals surface area contributed by atoms with Gasteiger partial charge in [-0.25, -0.2) is 0 Å². The summed E-state index contributed by atoms with van der Waals surface area (Å²) in [5, 5.41) is 3.74. The first kappa shape index (κ1) is 16.9. The number of likely N-dealkylation sites (tertiary alicyclic amines) is 1. The zero-order valence-electron chi connectivity index (χ0n) is 13.4. The van der Waals surface area contributed by atoms with Gasteiger partial charge in [0.05, 0.1) is 0 Å². The molecule has 1 aromatic rings. The van der Waals surface area contributed by atoms with E-state index in [0.717, 1.165) is 6.54 Å². The molecule has 3 heteroatoms. The van der Waals surface area contributed by atoms with Crippen molar-refractivity contribution >= 4 is 11.8 Å². The number of benzene rings is 1. The van der Waals surface area contributed by atoms with Crippen LogP contribution in [0.1, 0.15) is 37.7 Å². The molecule has 1 saturated heterocycles. The largest absolute Gasteiger partial charge is 0.313 e. The van der Waals surface area contributed by atoms with Gasteiger partial charge < -0.3 is 5.32 Å². The number of nitrogens with one attached hydrogen (secondary N) is 1. The van der Waals surface area contributed by atoms with Gasteiger partial charge in [0, 0.05) is 25.7 Å². The summed E-state index contributed by atoms with van der Waals surface area (Å²) in [7, 11) is 0. The lowest BCUT2D eigenvalue weighted by atomic mass is 10.2. The Morgan fingerprint density at radius 1 is 1.14 bits per heavy atom. The monoisotopic (exact) mass is 306 g/mol. The lowest BCUT2D eigenvalue weighted by molar-refractivity contribution is 0.320. The Labute approximate surface area is 134 Å². The van der Waals surface area contributed by atoms with E-state index in [1.54, 1.807) is 0 Å². The normalized spacial score (nSPS) is 19.2.